The summed E-state index contributed by atoms with van der Waals surface area (Å²) < 4.78 is 16.7. The molecule has 0 unspecified atom stereocenters. The van der Waals surface area contributed by atoms with Crippen LogP contribution in [0.2, 0.25) is 0 Å². The average molecular weight is 413 g/mol. The minimum atomic E-state index is -0.702. The standard InChI is InChI=1S/C25H32O5/c1-5-6-7-8-16-29-24-23(26)22-20(13-10-14-21(22)30-25(24)27)28-17-15-19(4)12-9-11-18(2)3/h6-7,10-11,13-15,26H,5,8-9,12,16-17H2,1-4H3/b7-6?,19-15+. The lowest BCUT2D eigenvalue weighted by atomic mass is 10.1. The van der Waals surface area contributed by atoms with E-state index in [1.165, 1.54) is 11.1 Å². The quantitative estimate of drug-likeness (QED) is 0.266. The summed E-state index contributed by atoms with van der Waals surface area (Å²) in [5.74, 6) is 0.00954. The van der Waals surface area contributed by atoms with Gasteiger partial charge in [0.25, 0.3) is 0 Å². The molecule has 162 valence electrons. The molecule has 0 fully saturated rings. The van der Waals surface area contributed by atoms with Crippen molar-refractivity contribution in [2.75, 3.05) is 13.2 Å². The predicted octanol–water partition coefficient (Wildman–Crippen LogP) is 6.31. The molecule has 1 N–H and O–H groups in total. The van der Waals surface area contributed by atoms with Gasteiger partial charge in [0.2, 0.25) is 5.75 Å². The Hall–Kier alpha value is -2.95. The molecule has 2 aromatic rings. The van der Waals surface area contributed by atoms with E-state index in [1.54, 1.807) is 18.2 Å². The van der Waals surface area contributed by atoms with E-state index >= 15 is 0 Å². The molecule has 0 saturated heterocycles. The molecule has 0 atom stereocenters. The van der Waals surface area contributed by atoms with Gasteiger partial charge in [-0.1, -0.05) is 42.4 Å². The molecular weight excluding hydrogens is 380 g/mol. The molecular formula is C25H32O5. The number of benzene rings is 1. The zero-order chi connectivity index (χ0) is 21.9. The van der Waals surface area contributed by atoms with Gasteiger partial charge in [0.1, 0.15) is 23.3 Å². The van der Waals surface area contributed by atoms with Crippen LogP contribution in [0.5, 0.6) is 17.2 Å². The van der Waals surface area contributed by atoms with Crippen LogP contribution in [-0.2, 0) is 0 Å². The molecule has 0 spiro atoms. The van der Waals surface area contributed by atoms with E-state index in [4.69, 9.17) is 13.9 Å². The van der Waals surface area contributed by atoms with Crippen LogP contribution in [0.1, 0.15) is 53.4 Å². The summed E-state index contributed by atoms with van der Waals surface area (Å²) in [5, 5.41) is 11.0. The van der Waals surface area contributed by atoms with Crippen LogP contribution in [0.15, 0.2) is 62.9 Å². The zero-order valence-corrected chi connectivity index (χ0v) is 18.4. The molecule has 1 aromatic heterocycles. The maximum atomic E-state index is 12.2. The Morgan fingerprint density at radius 2 is 1.90 bits per heavy atom. The summed E-state index contributed by atoms with van der Waals surface area (Å²) >= 11 is 0. The Labute approximate surface area is 178 Å². The van der Waals surface area contributed by atoms with Gasteiger partial charge in [-0.25, -0.2) is 4.79 Å². The van der Waals surface area contributed by atoms with Gasteiger partial charge in [0.15, 0.2) is 5.75 Å². The lowest BCUT2D eigenvalue weighted by molar-refractivity contribution is 0.289. The molecule has 0 radical (unpaired) electrons. The number of allylic oxidation sites excluding steroid dienone is 4. The van der Waals surface area contributed by atoms with Crippen LogP contribution in [0.3, 0.4) is 0 Å². The van der Waals surface area contributed by atoms with Gasteiger partial charge in [-0.3, -0.25) is 0 Å². The first-order chi connectivity index (χ1) is 14.4. The van der Waals surface area contributed by atoms with Crippen LogP contribution < -0.4 is 15.1 Å². The van der Waals surface area contributed by atoms with Crippen molar-refractivity contribution in [3.63, 3.8) is 0 Å². The highest BCUT2D eigenvalue weighted by Gasteiger charge is 2.18. The average Bonchev–Trinajstić information content (AvgIpc) is 2.69. The Balaban J connectivity index is 2.16. The van der Waals surface area contributed by atoms with E-state index in [0.717, 1.165) is 19.3 Å². The van der Waals surface area contributed by atoms with E-state index < -0.39 is 5.63 Å². The minimum Gasteiger partial charge on any atom is -0.503 e. The van der Waals surface area contributed by atoms with Gasteiger partial charge in [-0.2, -0.15) is 0 Å². The van der Waals surface area contributed by atoms with Gasteiger partial charge >= 0.3 is 5.63 Å². The molecule has 0 aliphatic rings. The maximum Gasteiger partial charge on any atom is 0.383 e. The Morgan fingerprint density at radius 3 is 2.63 bits per heavy atom. The van der Waals surface area contributed by atoms with Crippen molar-refractivity contribution >= 4 is 11.0 Å². The van der Waals surface area contributed by atoms with Crippen LogP contribution >= 0.6 is 0 Å². The molecule has 0 bridgehead atoms. The summed E-state index contributed by atoms with van der Waals surface area (Å²) in [6, 6.07) is 5.08. The fraction of sp³-hybridized carbons (Fsp3) is 0.400. The van der Waals surface area contributed by atoms with E-state index in [9.17, 15) is 9.90 Å². The molecule has 30 heavy (non-hydrogen) atoms. The Bertz CT molecular complexity index is 975. The first-order valence-electron chi connectivity index (χ1n) is 10.4. The third kappa shape index (κ3) is 6.83. The molecule has 5 heteroatoms. The van der Waals surface area contributed by atoms with Gasteiger partial charge in [0, 0.05) is 0 Å². The molecule has 5 nitrogen and oxygen atoms in total. The summed E-state index contributed by atoms with van der Waals surface area (Å²) in [7, 11) is 0. The van der Waals surface area contributed by atoms with Crippen LogP contribution in [-0.4, -0.2) is 18.3 Å². The van der Waals surface area contributed by atoms with E-state index in [0.29, 0.717) is 24.2 Å². The summed E-state index contributed by atoms with van der Waals surface area (Å²) in [6.45, 7) is 8.93. The second-order valence-electron chi connectivity index (χ2n) is 7.39. The van der Waals surface area contributed by atoms with E-state index in [2.05, 4.69) is 26.8 Å². The van der Waals surface area contributed by atoms with Gasteiger partial charge < -0.3 is 19.0 Å². The SMILES string of the molecule is CCC=CCCOc1c(O)c2c(OC/C=C(\C)CCC=C(C)C)cccc2oc1=O. The molecule has 0 saturated carbocycles. The zero-order valence-electron chi connectivity index (χ0n) is 18.4. The lowest BCUT2D eigenvalue weighted by Gasteiger charge is -2.11. The lowest BCUT2D eigenvalue weighted by Crippen LogP contribution is -2.08. The molecule has 0 amide bonds. The number of hydrogen-bond acceptors (Lipinski definition) is 5. The second-order valence-corrected chi connectivity index (χ2v) is 7.39. The fourth-order valence-corrected chi connectivity index (χ4v) is 2.91. The molecule has 1 aromatic carbocycles. The molecule has 0 aliphatic carbocycles. The largest absolute Gasteiger partial charge is 0.503 e. The van der Waals surface area contributed by atoms with E-state index in [-0.39, 0.29) is 23.7 Å². The molecule has 1 heterocycles. The third-order valence-corrected chi connectivity index (χ3v) is 4.52. The van der Waals surface area contributed by atoms with Crippen molar-refractivity contribution < 1.29 is 19.0 Å². The summed E-state index contributed by atoms with van der Waals surface area (Å²) in [6.07, 6.45) is 11.8. The summed E-state index contributed by atoms with van der Waals surface area (Å²) in [4.78, 5) is 12.2. The van der Waals surface area contributed by atoms with Gasteiger partial charge in [0.05, 0.1) is 6.61 Å². The first-order valence-corrected chi connectivity index (χ1v) is 10.4. The van der Waals surface area contributed by atoms with Crippen LogP contribution in [0.25, 0.3) is 11.0 Å². The third-order valence-electron chi connectivity index (χ3n) is 4.52. The summed E-state index contributed by atoms with van der Waals surface area (Å²) in [5.41, 5.74) is 2.10. The number of ether oxygens (including phenoxy) is 2. The monoisotopic (exact) mass is 412 g/mol. The second kappa shape index (κ2) is 11.9. The topological polar surface area (TPSA) is 68.9 Å². The predicted molar refractivity (Wildman–Crippen MR) is 122 cm³/mol. The fourth-order valence-electron chi connectivity index (χ4n) is 2.91. The van der Waals surface area contributed by atoms with Crippen molar-refractivity contribution in [1.29, 1.82) is 0 Å². The first kappa shape index (κ1) is 23.3. The number of rotatable bonds is 11. The van der Waals surface area contributed by atoms with Crippen molar-refractivity contribution in [2.45, 2.75) is 53.4 Å². The number of aromatic hydroxyl groups is 1. The molecule has 0 aliphatic heterocycles. The maximum absolute atomic E-state index is 12.2. The minimum absolute atomic E-state index is 0.183. The normalized spacial score (nSPS) is 11.8. The molecule has 2 rings (SSSR count). The van der Waals surface area contributed by atoms with E-state index in [1.807, 2.05) is 25.2 Å². The van der Waals surface area contributed by atoms with Crippen molar-refractivity contribution in [3.05, 3.63) is 64.1 Å². The number of hydrogen-bond donors (Lipinski definition) is 1. The number of fused-ring (bicyclic) bond motifs is 1. The van der Waals surface area contributed by atoms with Gasteiger partial charge in [-0.05, 0) is 64.7 Å². The van der Waals surface area contributed by atoms with Crippen LogP contribution in [0.4, 0.5) is 0 Å². The van der Waals surface area contributed by atoms with Crippen molar-refractivity contribution in [1.82, 2.24) is 0 Å². The highest BCUT2D eigenvalue weighted by atomic mass is 16.5. The van der Waals surface area contributed by atoms with Crippen molar-refractivity contribution in [3.8, 4) is 17.2 Å². The highest BCUT2D eigenvalue weighted by molar-refractivity contribution is 5.91. The highest BCUT2D eigenvalue weighted by Crippen LogP contribution is 2.37. The Morgan fingerprint density at radius 1 is 1.10 bits per heavy atom. The van der Waals surface area contributed by atoms with Crippen molar-refractivity contribution in [2.24, 2.45) is 0 Å². The Kier molecular flexibility index (Phi) is 9.26. The smallest absolute Gasteiger partial charge is 0.383 e. The van der Waals surface area contributed by atoms with Gasteiger partial charge in [-0.15, -0.1) is 0 Å². The van der Waals surface area contributed by atoms with Crippen LogP contribution in [0, 0.1) is 0 Å².